The molecule has 1 aliphatic rings. The molecule has 0 bridgehead atoms. The van der Waals surface area contributed by atoms with Crippen molar-refractivity contribution in [1.29, 1.82) is 0 Å². The molecule has 0 aliphatic carbocycles. The van der Waals surface area contributed by atoms with E-state index in [0.717, 1.165) is 12.3 Å². The van der Waals surface area contributed by atoms with E-state index in [4.69, 9.17) is 19.4 Å². The van der Waals surface area contributed by atoms with E-state index in [2.05, 4.69) is 4.52 Å². The molecule has 190 valence electrons. The summed E-state index contributed by atoms with van der Waals surface area (Å²) in [5, 5.41) is 7.20. The highest BCUT2D eigenvalue weighted by Crippen LogP contribution is 2.85. The monoisotopic (exact) mass is 552 g/mol. The first-order valence-electron chi connectivity index (χ1n) is 8.14. The van der Waals surface area contributed by atoms with Gasteiger partial charge in [-0.15, -0.1) is 0 Å². The van der Waals surface area contributed by atoms with Crippen LogP contribution in [0.15, 0.2) is 21.9 Å². The van der Waals surface area contributed by atoms with Crippen LogP contribution in [-0.4, -0.2) is 75.1 Å². The zero-order valence-electron chi connectivity index (χ0n) is 15.5. The number of alkyl halides is 4. The standard InChI is InChI=1S/C11H15F4N2O13P3/c12-10(13,32(24,25)26)31(22,23)11(14,15)33(27,28)29-3-4-6(19)7(20)8(30-4)17-2-1-5(18)16-9(17)21/h1-2,4,6-8,19-20H,3H2,(H,22,23)(H,27,28)(H,16,18,21)(H2,24,25,26)/t4-,6-,7-,8-/m1/s1. The van der Waals surface area contributed by atoms with Crippen LogP contribution < -0.4 is 11.2 Å². The van der Waals surface area contributed by atoms with Crippen molar-refractivity contribution in [2.45, 2.75) is 35.3 Å². The molecule has 1 aromatic heterocycles. The van der Waals surface area contributed by atoms with Crippen LogP contribution in [0.1, 0.15) is 6.23 Å². The van der Waals surface area contributed by atoms with Crippen molar-refractivity contribution in [2.24, 2.45) is 0 Å². The van der Waals surface area contributed by atoms with Gasteiger partial charge in [-0.05, 0) is 0 Å². The number of halogens is 4. The van der Waals surface area contributed by atoms with Crippen LogP contribution in [0.25, 0.3) is 0 Å². The lowest BCUT2D eigenvalue weighted by Crippen LogP contribution is -2.37. The molecule has 2 rings (SSSR count). The Morgan fingerprint density at radius 1 is 1.03 bits per heavy atom. The van der Waals surface area contributed by atoms with Gasteiger partial charge in [0.15, 0.2) is 6.23 Å². The van der Waals surface area contributed by atoms with E-state index in [0.29, 0.717) is 4.57 Å². The second-order valence-corrected chi connectivity index (χ2v) is 13.0. The molecule has 1 aromatic rings. The molecule has 0 saturated carbocycles. The van der Waals surface area contributed by atoms with E-state index in [1.54, 1.807) is 4.98 Å². The minimum Gasteiger partial charge on any atom is -0.387 e. The van der Waals surface area contributed by atoms with Gasteiger partial charge in [0.1, 0.15) is 18.3 Å². The Bertz CT molecular complexity index is 1160. The van der Waals surface area contributed by atoms with Crippen LogP contribution in [0.4, 0.5) is 17.6 Å². The molecule has 0 spiro atoms. The summed E-state index contributed by atoms with van der Waals surface area (Å²) < 4.78 is 98.5. The molecule has 33 heavy (non-hydrogen) atoms. The molecule has 6 atom stereocenters. The van der Waals surface area contributed by atoms with E-state index >= 15 is 0 Å². The maximum atomic E-state index is 14.1. The van der Waals surface area contributed by atoms with Gasteiger partial charge in [-0.1, -0.05) is 0 Å². The van der Waals surface area contributed by atoms with Crippen LogP contribution in [-0.2, 0) is 23.0 Å². The molecule has 0 radical (unpaired) electrons. The Labute approximate surface area is 178 Å². The zero-order valence-corrected chi connectivity index (χ0v) is 18.2. The summed E-state index contributed by atoms with van der Waals surface area (Å²) in [6.45, 7) is -1.63. The first kappa shape index (κ1) is 28.0. The second kappa shape index (κ2) is 8.77. The number of rotatable bonds is 8. The Hall–Kier alpha value is -1.23. The van der Waals surface area contributed by atoms with E-state index in [1.807, 2.05) is 0 Å². The third-order valence-electron chi connectivity index (χ3n) is 4.30. The van der Waals surface area contributed by atoms with Crippen molar-refractivity contribution >= 4 is 22.6 Å². The van der Waals surface area contributed by atoms with Crippen molar-refractivity contribution in [2.75, 3.05) is 6.61 Å². The number of aromatic amines is 1. The highest BCUT2D eigenvalue weighted by molar-refractivity contribution is 7.82. The number of nitrogens with one attached hydrogen (secondary N) is 1. The van der Waals surface area contributed by atoms with Crippen molar-refractivity contribution in [3.63, 3.8) is 0 Å². The normalized spacial score (nSPS) is 28.3. The predicted octanol–water partition coefficient (Wildman–Crippen LogP) is -1.09. The highest BCUT2D eigenvalue weighted by Gasteiger charge is 2.79. The Morgan fingerprint density at radius 3 is 2.06 bits per heavy atom. The number of aliphatic hydroxyl groups excluding tert-OH is 2. The number of hydrogen-bond acceptors (Lipinski definition) is 9. The number of aliphatic hydroxyl groups is 2. The van der Waals surface area contributed by atoms with Crippen LogP contribution in [0.3, 0.4) is 0 Å². The maximum Gasteiger partial charge on any atom is 0.424 e. The summed E-state index contributed by atoms with van der Waals surface area (Å²) in [6.07, 6.45) is -7.17. The van der Waals surface area contributed by atoms with Crippen molar-refractivity contribution in [3.05, 3.63) is 33.1 Å². The largest absolute Gasteiger partial charge is 0.424 e. The van der Waals surface area contributed by atoms with Gasteiger partial charge in [-0.3, -0.25) is 28.0 Å². The average Bonchev–Trinajstić information content (AvgIpc) is 2.93. The van der Waals surface area contributed by atoms with E-state index in [1.165, 1.54) is 0 Å². The second-order valence-electron chi connectivity index (χ2n) is 6.52. The van der Waals surface area contributed by atoms with E-state index in [-0.39, 0.29) is 0 Å². The van der Waals surface area contributed by atoms with Crippen molar-refractivity contribution in [3.8, 4) is 0 Å². The smallest absolute Gasteiger partial charge is 0.387 e. The summed E-state index contributed by atoms with van der Waals surface area (Å²) >= 11 is 0. The molecule has 1 saturated heterocycles. The van der Waals surface area contributed by atoms with Gasteiger partial charge >= 0.3 is 39.1 Å². The lowest BCUT2D eigenvalue weighted by molar-refractivity contribution is -0.0546. The molecular formula is C11H15F4N2O13P3. The van der Waals surface area contributed by atoms with Crippen LogP contribution >= 0.6 is 22.6 Å². The number of hydrogen-bond donors (Lipinski definition) is 7. The van der Waals surface area contributed by atoms with Crippen molar-refractivity contribution < 1.29 is 70.3 Å². The number of H-pyrrole nitrogens is 1. The SMILES string of the molecule is O=c1ccn([C@@H]2O[C@H](COP(=O)(O)C(F)(F)P(=O)(O)C(F)(F)P(=O)(O)O)[C@@H](O)[C@H]2O)c(=O)[nH]1. The first-order valence-corrected chi connectivity index (χ1v) is 13.0. The van der Waals surface area contributed by atoms with Crippen LogP contribution in [0, 0.1) is 0 Å². The summed E-state index contributed by atoms with van der Waals surface area (Å²) in [5.74, 6) is 0. The summed E-state index contributed by atoms with van der Waals surface area (Å²) in [7, 11) is -21.8. The van der Waals surface area contributed by atoms with Crippen LogP contribution in [0.5, 0.6) is 0 Å². The zero-order chi connectivity index (χ0) is 25.8. The van der Waals surface area contributed by atoms with Gasteiger partial charge in [-0.25, -0.2) is 4.79 Å². The quantitative estimate of drug-likeness (QED) is 0.150. The predicted molar refractivity (Wildman–Crippen MR) is 94.8 cm³/mol. The third kappa shape index (κ3) is 4.68. The topological polar surface area (TPSA) is 246 Å². The molecule has 1 fully saturated rings. The Balaban J connectivity index is 2.26. The van der Waals surface area contributed by atoms with Gasteiger partial charge in [0.25, 0.3) is 5.56 Å². The Morgan fingerprint density at radius 2 is 1.58 bits per heavy atom. The molecule has 7 N–H and O–H groups in total. The lowest BCUT2D eigenvalue weighted by Gasteiger charge is -2.31. The minimum absolute atomic E-state index is 0.519. The fourth-order valence-electron chi connectivity index (χ4n) is 2.49. The summed E-state index contributed by atoms with van der Waals surface area (Å²) in [6, 6.07) is 0.788. The highest BCUT2D eigenvalue weighted by atomic mass is 31.3. The molecule has 2 heterocycles. The summed E-state index contributed by atoms with van der Waals surface area (Å²) in [4.78, 5) is 59.8. The van der Waals surface area contributed by atoms with Gasteiger partial charge in [0.05, 0.1) is 6.61 Å². The molecular weight excluding hydrogens is 537 g/mol. The molecule has 15 nitrogen and oxygen atoms in total. The first-order chi connectivity index (χ1) is 14.7. The fourth-order valence-corrected chi connectivity index (χ4v) is 7.26. The van der Waals surface area contributed by atoms with Gasteiger partial charge in [0, 0.05) is 12.3 Å². The van der Waals surface area contributed by atoms with E-state index in [9.17, 15) is 56.0 Å². The van der Waals surface area contributed by atoms with Crippen molar-refractivity contribution in [1.82, 2.24) is 9.55 Å². The fraction of sp³-hybridized carbons (Fsp3) is 0.636. The Kier molecular flexibility index (Phi) is 7.44. The number of nitrogens with zero attached hydrogens (tertiary/aromatic N) is 1. The lowest BCUT2D eigenvalue weighted by atomic mass is 10.1. The minimum atomic E-state index is -7.80. The van der Waals surface area contributed by atoms with Gasteiger partial charge < -0.3 is 39.0 Å². The maximum absolute atomic E-state index is 14.1. The van der Waals surface area contributed by atoms with Gasteiger partial charge in [0.2, 0.25) is 0 Å². The summed E-state index contributed by atoms with van der Waals surface area (Å²) in [5.41, 5.74) is -2.03. The number of aromatic nitrogens is 2. The molecule has 2 unspecified atom stereocenters. The van der Waals surface area contributed by atoms with Gasteiger partial charge in [-0.2, -0.15) is 17.6 Å². The molecule has 0 amide bonds. The molecule has 22 heteroatoms. The molecule has 0 aromatic carbocycles. The molecule has 1 aliphatic heterocycles. The van der Waals surface area contributed by atoms with Crippen LogP contribution in [0.2, 0.25) is 0 Å². The van der Waals surface area contributed by atoms with E-state index < -0.39 is 75.8 Å². The average molecular weight is 552 g/mol. The number of ether oxygens (including phenoxy) is 1. The third-order valence-corrected chi connectivity index (χ3v) is 10.8.